The van der Waals surface area contributed by atoms with Crippen molar-refractivity contribution in [1.82, 2.24) is 9.21 Å². The van der Waals surface area contributed by atoms with Crippen molar-refractivity contribution in [2.24, 2.45) is 5.92 Å². The first kappa shape index (κ1) is 31.2. The van der Waals surface area contributed by atoms with Gasteiger partial charge in [0.1, 0.15) is 11.9 Å². The van der Waals surface area contributed by atoms with E-state index < -0.39 is 52.1 Å². The molecule has 0 heterocycles. The summed E-state index contributed by atoms with van der Waals surface area (Å²) in [6.07, 6.45) is -2.81. The van der Waals surface area contributed by atoms with E-state index in [-0.39, 0.29) is 29.5 Å². The maximum absolute atomic E-state index is 14.2. The maximum atomic E-state index is 14.2. The van der Waals surface area contributed by atoms with Gasteiger partial charge in [-0.05, 0) is 56.9 Å². The lowest BCUT2D eigenvalue weighted by Crippen LogP contribution is -2.62. The lowest BCUT2D eigenvalue weighted by molar-refractivity contribution is -0.275. The van der Waals surface area contributed by atoms with Crippen LogP contribution in [0.3, 0.4) is 0 Å². The van der Waals surface area contributed by atoms with Crippen LogP contribution in [-0.2, 0) is 21.2 Å². The molecule has 2 aromatic rings. The van der Waals surface area contributed by atoms with Gasteiger partial charge < -0.3 is 25.2 Å². The van der Waals surface area contributed by atoms with E-state index in [1.165, 1.54) is 6.92 Å². The Morgan fingerprint density at radius 1 is 1.08 bits per heavy atom. The predicted octanol–water partition coefficient (Wildman–Crippen LogP) is 2.85. The first-order chi connectivity index (χ1) is 17.5. The Morgan fingerprint density at radius 2 is 1.68 bits per heavy atom. The summed E-state index contributed by atoms with van der Waals surface area (Å²) in [5, 5.41) is 25.9. The number of nitrogens with zero attached hydrogens (tertiary/aromatic N) is 2. The molecule has 0 aliphatic carbocycles. The van der Waals surface area contributed by atoms with Crippen LogP contribution in [-0.4, -0.2) is 65.5 Å². The molecule has 38 heavy (non-hydrogen) atoms. The normalized spacial score (nSPS) is 13.8. The van der Waals surface area contributed by atoms with Crippen LogP contribution in [0, 0.1) is 11.7 Å². The quantitative estimate of drug-likeness (QED) is 0.443. The topological polar surface area (TPSA) is 130 Å². The molecule has 2 rings (SSSR count). The number of carboxylic acid groups (broad SMARTS) is 1. The van der Waals surface area contributed by atoms with Gasteiger partial charge in [-0.25, -0.2) is 12.8 Å². The minimum absolute atomic E-state index is 0.00510. The van der Waals surface area contributed by atoms with Crippen LogP contribution in [0.1, 0.15) is 47.1 Å². The molecule has 0 unspecified atom stereocenters. The Morgan fingerprint density at radius 3 is 2.18 bits per heavy atom. The maximum Gasteiger partial charge on any atom is 0.243 e. The fraction of sp³-hybridized carbons (Fsp3) is 0.481. The average molecular weight is 551 g/mol. The van der Waals surface area contributed by atoms with Crippen LogP contribution < -0.4 is 10.4 Å². The van der Waals surface area contributed by atoms with Crippen LogP contribution in [0.25, 0.3) is 0 Å². The molecular formula is C27H37FN3O6S-. The molecule has 0 radical (unpaired) electrons. The van der Waals surface area contributed by atoms with E-state index in [0.717, 1.165) is 33.0 Å². The molecular weight excluding hydrogens is 513 g/mol. The fourth-order valence-electron chi connectivity index (χ4n) is 4.27. The molecule has 0 saturated heterocycles. The number of carbonyl (C=O) groups is 2. The molecule has 2 aromatic carbocycles. The number of carbonyl (C=O) groups excluding carboxylic acids is 2. The molecule has 210 valence electrons. The summed E-state index contributed by atoms with van der Waals surface area (Å²) >= 11 is 0. The second-order valence-electron chi connectivity index (χ2n) is 10.7. The zero-order chi connectivity index (χ0) is 28.8. The molecule has 9 nitrogen and oxygen atoms in total. The van der Waals surface area contributed by atoms with Gasteiger partial charge in [-0.3, -0.25) is 4.79 Å². The highest BCUT2D eigenvalue weighted by Gasteiger charge is 2.37. The van der Waals surface area contributed by atoms with Crippen molar-refractivity contribution in [3.63, 3.8) is 0 Å². The molecule has 2 amide bonds. The standard InChI is InChI=1S/C27H38FN3O6S/c1-18(2)16-30(38(36,37)21-12-13-22(28)23(15-21)29-19(3)32)17-25(33)24(14-20-10-8-7-9-11-20)31(26(34)35)27(4,5)6/h7-13,15,18,24-25,33H,14,16-17H2,1-6H3,(H,29,32)(H,34,35)/p-1/t24-,25+/m0/s1. The third-order valence-electron chi connectivity index (χ3n) is 5.83. The van der Waals surface area contributed by atoms with Gasteiger partial charge in [-0.2, -0.15) is 4.31 Å². The highest BCUT2D eigenvalue weighted by Crippen LogP contribution is 2.26. The number of sulfonamides is 1. The van der Waals surface area contributed by atoms with E-state index in [1.807, 2.05) is 6.07 Å². The number of aliphatic hydroxyl groups excluding tert-OH is 1. The Bertz CT molecular complexity index is 1220. The van der Waals surface area contributed by atoms with E-state index in [2.05, 4.69) is 5.32 Å². The summed E-state index contributed by atoms with van der Waals surface area (Å²) in [7, 11) is -4.28. The predicted molar refractivity (Wildman–Crippen MR) is 141 cm³/mol. The summed E-state index contributed by atoms with van der Waals surface area (Å²) in [5.41, 5.74) is -0.490. The zero-order valence-corrected chi connectivity index (χ0v) is 23.5. The number of aliphatic hydroxyl groups is 1. The van der Waals surface area contributed by atoms with Crippen molar-refractivity contribution < 1.29 is 32.6 Å². The molecule has 0 aliphatic heterocycles. The molecule has 0 saturated carbocycles. The minimum atomic E-state index is -4.28. The van der Waals surface area contributed by atoms with Crippen molar-refractivity contribution in [3.8, 4) is 0 Å². The summed E-state index contributed by atoms with van der Waals surface area (Å²) < 4.78 is 42.6. The van der Waals surface area contributed by atoms with Gasteiger partial charge in [-0.15, -0.1) is 0 Å². The second-order valence-corrected chi connectivity index (χ2v) is 12.6. The number of amides is 2. The van der Waals surface area contributed by atoms with Crippen molar-refractivity contribution >= 4 is 27.7 Å². The smallest absolute Gasteiger partial charge is 0.243 e. The highest BCUT2D eigenvalue weighted by molar-refractivity contribution is 7.89. The molecule has 0 bridgehead atoms. The van der Waals surface area contributed by atoms with Gasteiger partial charge in [-0.1, -0.05) is 44.2 Å². The second kappa shape index (κ2) is 12.7. The van der Waals surface area contributed by atoms with E-state index >= 15 is 0 Å². The molecule has 0 aliphatic rings. The van der Waals surface area contributed by atoms with Gasteiger partial charge in [0.2, 0.25) is 15.9 Å². The molecule has 2 N–H and O–H groups in total. The number of nitrogens with one attached hydrogen (secondary N) is 1. The fourth-order valence-corrected chi connectivity index (χ4v) is 5.92. The van der Waals surface area contributed by atoms with Crippen molar-refractivity contribution in [3.05, 3.63) is 59.9 Å². The third-order valence-corrected chi connectivity index (χ3v) is 7.66. The van der Waals surface area contributed by atoms with Crippen LogP contribution in [0.5, 0.6) is 0 Å². The summed E-state index contributed by atoms with van der Waals surface area (Å²) in [4.78, 5) is 24.4. The summed E-state index contributed by atoms with van der Waals surface area (Å²) in [6, 6.07) is 11.0. The number of hydrogen-bond acceptors (Lipinski definition) is 6. The van der Waals surface area contributed by atoms with Crippen LogP contribution >= 0.6 is 0 Å². The molecule has 0 spiro atoms. The van der Waals surface area contributed by atoms with E-state index in [4.69, 9.17) is 0 Å². The first-order valence-corrected chi connectivity index (χ1v) is 13.8. The average Bonchev–Trinajstić information content (AvgIpc) is 2.78. The van der Waals surface area contributed by atoms with Crippen molar-refractivity contribution in [2.75, 3.05) is 18.4 Å². The summed E-state index contributed by atoms with van der Waals surface area (Å²) in [5.74, 6) is -1.52. The van der Waals surface area contributed by atoms with Crippen LogP contribution in [0.2, 0.25) is 0 Å². The van der Waals surface area contributed by atoms with Gasteiger partial charge in [0.15, 0.2) is 0 Å². The number of anilines is 1. The number of hydrogen-bond donors (Lipinski definition) is 2. The zero-order valence-electron chi connectivity index (χ0n) is 22.6. The Labute approximate surface area is 224 Å². The highest BCUT2D eigenvalue weighted by atomic mass is 32.2. The Balaban J connectivity index is 2.52. The van der Waals surface area contributed by atoms with Crippen molar-refractivity contribution in [1.29, 1.82) is 0 Å². The van der Waals surface area contributed by atoms with Crippen LogP contribution in [0.15, 0.2) is 53.4 Å². The van der Waals surface area contributed by atoms with Crippen LogP contribution in [0.4, 0.5) is 14.9 Å². The largest absolute Gasteiger partial charge is 0.530 e. The third kappa shape index (κ3) is 8.24. The number of halogens is 1. The van der Waals surface area contributed by atoms with Gasteiger partial charge in [0.05, 0.1) is 22.7 Å². The van der Waals surface area contributed by atoms with E-state index in [1.54, 1.807) is 58.9 Å². The number of rotatable bonds is 11. The van der Waals surface area contributed by atoms with Gasteiger partial charge in [0, 0.05) is 25.6 Å². The Kier molecular flexibility index (Phi) is 10.4. The minimum Gasteiger partial charge on any atom is -0.530 e. The lowest BCUT2D eigenvalue weighted by atomic mass is 9.94. The van der Waals surface area contributed by atoms with Crippen molar-refractivity contribution in [2.45, 2.75) is 70.5 Å². The van der Waals surface area contributed by atoms with E-state index in [0.29, 0.717) is 0 Å². The summed E-state index contributed by atoms with van der Waals surface area (Å²) in [6.45, 7) is 9.34. The lowest BCUT2D eigenvalue weighted by Gasteiger charge is -2.46. The SMILES string of the molecule is CC(=O)Nc1cc(S(=O)(=O)N(CC(C)C)C[C@@H](O)[C@H](Cc2ccccc2)N(C(=O)[O-])C(C)(C)C)ccc1F. The molecule has 0 fully saturated rings. The Hall–Kier alpha value is -3.02. The van der Waals surface area contributed by atoms with Gasteiger partial charge in [0.25, 0.3) is 0 Å². The molecule has 11 heteroatoms. The monoisotopic (exact) mass is 550 g/mol. The van der Waals surface area contributed by atoms with E-state index in [9.17, 15) is 32.6 Å². The number of benzene rings is 2. The van der Waals surface area contributed by atoms with Gasteiger partial charge >= 0.3 is 0 Å². The molecule has 2 atom stereocenters. The molecule has 0 aromatic heterocycles. The first-order valence-electron chi connectivity index (χ1n) is 12.3.